The van der Waals surface area contributed by atoms with Crippen molar-refractivity contribution in [2.45, 2.75) is 19.3 Å². The van der Waals surface area contributed by atoms with Gasteiger partial charge in [-0.2, -0.15) is 0 Å². The zero-order valence-corrected chi connectivity index (χ0v) is 8.52. The van der Waals surface area contributed by atoms with Gasteiger partial charge in [0.1, 0.15) is 0 Å². The maximum Gasteiger partial charge on any atom is 0.306 e. The third-order valence-electron chi connectivity index (χ3n) is 2.31. The summed E-state index contributed by atoms with van der Waals surface area (Å²) in [5.74, 6) is 1.33. The van der Waals surface area contributed by atoms with E-state index in [1.165, 1.54) is 0 Å². The molecule has 2 heteroatoms. The third kappa shape index (κ3) is 3.86. The Hall–Kier alpha value is -1.75. The predicted molar refractivity (Wildman–Crippen MR) is 59.3 cm³/mol. The smallest absolute Gasteiger partial charge is 0.306 e. The molecule has 1 N–H and O–H groups in total. The largest absolute Gasteiger partial charge is 0.481 e. The molecule has 0 heterocycles. The van der Waals surface area contributed by atoms with Gasteiger partial charge >= 0.3 is 5.97 Å². The van der Waals surface area contributed by atoms with Gasteiger partial charge < -0.3 is 5.11 Å². The maximum absolute atomic E-state index is 10.9. The van der Waals surface area contributed by atoms with Gasteiger partial charge in [-0.05, 0) is 18.4 Å². The first-order chi connectivity index (χ1) is 7.24. The van der Waals surface area contributed by atoms with Crippen molar-refractivity contribution in [3.8, 4) is 12.3 Å². The summed E-state index contributed by atoms with van der Waals surface area (Å²) in [6, 6.07) is 9.61. The van der Waals surface area contributed by atoms with Crippen LogP contribution >= 0.6 is 0 Å². The van der Waals surface area contributed by atoms with Gasteiger partial charge in [-0.15, -0.1) is 12.3 Å². The molecule has 0 fully saturated rings. The fourth-order valence-electron chi connectivity index (χ4n) is 1.47. The van der Waals surface area contributed by atoms with Gasteiger partial charge in [0.05, 0.1) is 5.92 Å². The Morgan fingerprint density at radius 2 is 2.07 bits per heavy atom. The van der Waals surface area contributed by atoms with Crippen LogP contribution in [0.5, 0.6) is 0 Å². The van der Waals surface area contributed by atoms with Crippen LogP contribution in [0.15, 0.2) is 30.3 Å². The summed E-state index contributed by atoms with van der Waals surface area (Å²) in [5.41, 5.74) is 1.04. The molecule has 1 aromatic rings. The summed E-state index contributed by atoms with van der Waals surface area (Å²) < 4.78 is 0. The highest BCUT2D eigenvalue weighted by Gasteiger charge is 2.16. The number of carboxylic acids is 1. The molecule has 0 aliphatic rings. The normalized spacial score (nSPS) is 11.7. The van der Waals surface area contributed by atoms with Crippen LogP contribution in [0.1, 0.15) is 18.4 Å². The second-order valence-electron chi connectivity index (χ2n) is 3.47. The minimum atomic E-state index is -0.769. The lowest BCUT2D eigenvalue weighted by Crippen LogP contribution is -2.16. The molecule has 78 valence electrons. The first-order valence-corrected chi connectivity index (χ1v) is 4.94. The minimum absolute atomic E-state index is 0.372. The van der Waals surface area contributed by atoms with Crippen molar-refractivity contribution >= 4 is 5.97 Å². The summed E-state index contributed by atoms with van der Waals surface area (Å²) in [7, 11) is 0. The molecule has 1 rings (SSSR count). The summed E-state index contributed by atoms with van der Waals surface area (Å²) in [5, 5.41) is 8.99. The van der Waals surface area contributed by atoms with E-state index >= 15 is 0 Å². The fourth-order valence-corrected chi connectivity index (χ4v) is 1.47. The van der Waals surface area contributed by atoms with Gasteiger partial charge in [-0.1, -0.05) is 30.3 Å². The third-order valence-corrected chi connectivity index (χ3v) is 2.31. The first-order valence-electron chi connectivity index (χ1n) is 4.94. The quantitative estimate of drug-likeness (QED) is 0.744. The van der Waals surface area contributed by atoms with Gasteiger partial charge in [0.15, 0.2) is 0 Å². The molecule has 15 heavy (non-hydrogen) atoms. The van der Waals surface area contributed by atoms with Crippen molar-refractivity contribution in [1.82, 2.24) is 0 Å². The molecule has 1 unspecified atom stereocenters. The first kappa shape index (κ1) is 11.3. The molecule has 1 aromatic carbocycles. The highest BCUT2D eigenvalue weighted by atomic mass is 16.4. The Kier molecular flexibility index (Phi) is 4.43. The molecule has 0 bridgehead atoms. The average molecular weight is 202 g/mol. The van der Waals surface area contributed by atoms with Crippen LogP contribution in [0, 0.1) is 18.3 Å². The molecule has 0 aliphatic carbocycles. The number of hydrogen-bond donors (Lipinski definition) is 1. The van der Waals surface area contributed by atoms with Crippen molar-refractivity contribution in [3.05, 3.63) is 35.9 Å². The summed E-state index contributed by atoms with van der Waals surface area (Å²) >= 11 is 0. The summed E-state index contributed by atoms with van der Waals surface area (Å²) in [6.45, 7) is 0. The SMILES string of the molecule is C#CCCC(Cc1ccccc1)C(=O)O. The van der Waals surface area contributed by atoms with E-state index in [1.807, 2.05) is 30.3 Å². The lowest BCUT2D eigenvalue weighted by molar-refractivity contribution is -0.141. The Labute approximate surface area is 89.9 Å². The Morgan fingerprint density at radius 3 is 2.60 bits per heavy atom. The zero-order valence-electron chi connectivity index (χ0n) is 8.52. The van der Waals surface area contributed by atoms with Crippen molar-refractivity contribution in [2.24, 2.45) is 5.92 Å². The van der Waals surface area contributed by atoms with E-state index in [0.717, 1.165) is 5.56 Å². The summed E-state index contributed by atoms with van der Waals surface area (Å²) in [4.78, 5) is 10.9. The number of rotatable bonds is 5. The van der Waals surface area contributed by atoms with Crippen molar-refractivity contribution in [3.63, 3.8) is 0 Å². The van der Waals surface area contributed by atoms with Gasteiger partial charge in [0, 0.05) is 6.42 Å². The topological polar surface area (TPSA) is 37.3 Å². The van der Waals surface area contributed by atoms with Crippen LogP contribution in [0.4, 0.5) is 0 Å². The highest BCUT2D eigenvalue weighted by Crippen LogP contribution is 2.14. The van der Waals surface area contributed by atoms with Crippen LogP contribution in [-0.2, 0) is 11.2 Å². The number of carbonyl (C=O) groups is 1. The van der Waals surface area contributed by atoms with E-state index in [4.69, 9.17) is 11.5 Å². The van der Waals surface area contributed by atoms with Crippen molar-refractivity contribution < 1.29 is 9.90 Å². The summed E-state index contributed by atoms with van der Waals surface area (Å²) in [6.07, 6.45) is 6.74. The molecule has 0 aromatic heterocycles. The molecule has 0 amide bonds. The van der Waals surface area contributed by atoms with Crippen LogP contribution < -0.4 is 0 Å². The molecule has 0 radical (unpaired) electrons. The van der Waals surface area contributed by atoms with Crippen LogP contribution in [0.2, 0.25) is 0 Å². The molecule has 0 saturated heterocycles. The van der Waals surface area contributed by atoms with E-state index < -0.39 is 5.97 Å². The van der Waals surface area contributed by atoms with Crippen LogP contribution in [0.3, 0.4) is 0 Å². The number of benzene rings is 1. The molecule has 0 spiro atoms. The molecule has 0 aliphatic heterocycles. The predicted octanol–water partition coefficient (Wildman–Crippen LogP) is 2.34. The van der Waals surface area contributed by atoms with E-state index in [1.54, 1.807) is 0 Å². The molecular weight excluding hydrogens is 188 g/mol. The number of hydrogen-bond acceptors (Lipinski definition) is 1. The van der Waals surface area contributed by atoms with Gasteiger partial charge in [-0.3, -0.25) is 4.79 Å². The highest BCUT2D eigenvalue weighted by molar-refractivity contribution is 5.70. The molecule has 0 saturated carbocycles. The van der Waals surface area contributed by atoms with E-state index in [9.17, 15) is 4.79 Å². The monoisotopic (exact) mass is 202 g/mol. The van der Waals surface area contributed by atoms with E-state index in [0.29, 0.717) is 19.3 Å². The van der Waals surface area contributed by atoms with Crippen molar-refractivity contribution in [2.75, 3.05) is 0 Å². The fraction of sp³-hybridized carbons (Fsp3) is 0.308. The number of terminal acetylenes is 1. The Balaban J connectivity index is 2.60. The minimum Gasteiger partial charge on any atom is -0.481 e. The Morgan fingerprint density at radius 1 is 1.40 bits per heavy atom. The lowest BCUT2D eigenvalue weighted by Gasteiger charge is -2.10. The standard InChI is InChI=1S/C13H14O2/c1-2-3-9-12(13(14)15)10-11-7-5-4-6-8-11/h1,4-8,12H,3,9-10H2,(H,14,15). The number of carboxylic acid groups (broad SMARTS) is 1. The second-order valence-corrected chi connectivity index (χ2v) is 3.47. The lowest BCUT2D eigenvalue weighted by atomic mass is 9.95. The van der Waals surface area contributed by atoms with E-state index in [-0.39, 0.29) is 5.92 Å². The van der Waals surface area contributed by atoms with Crippen LogP contribution in [-0.4, -0.2) is 11.1 Å². The van der Waals surface area contributed by atoms with Gasteiger partial charge in [0.25, 0.3) is 0 Å². The maximum atomic E-state index is 10.9. The molecular formula is C13H14O2. The molecule has 1 atom stereocenters. The average Bonchev–Trinajstić information content (AvgIpc) is 2.25. The second kappa shape index (κ2) is 5.87. The number of aliphatic carboxylic acids is 1. The van der Waals surface area contributed by atoms with Gasteiger partial charge in [-0.25, -0.2) is 0 Å². The van der Waals surface area contributed by atoms with E-state index in [2.05, 4.69) is 5.92 Å². The zero-order chi connectivity index (χ0) is 11.1. The Bertz CT molecular complexity index is 349. The van der Waals surface area contributed by atoms with Crippen LogP contribution in [0.25, 0.3) is 0 Å². The molecule has 2 nitrogen and oxygen atoms in total. The van der Waals surface area contributed by atoms with Gasteiger partial charge in [0.2, 0.25) is 0 Å². The van der Waals surface area contributed by atoms with Crippen molar-refractivity contribution in [1.29, 1.82) is 0 Å².